The van der Waals surface area contributed by atoms with E-state index in [1.165, 1.54) is 33.5 Å². The molecule has 13 heteroatoms. The number of fused-ring (bicyclic) bond motifs is 1. The second-order valence-corrected chi connectivity index (χ2v) is 8.01. The van der Waals surface area contributed by atoms with E-state index in [4.69, 9.17) is 11.6 Å². The first-order valence-corrected chi connectivity index (χ1v) is 10.6. The minimum Gasteiger partial charge on any atom is -0.354 e. The Labute approximate surface area is 185 Å². The second-order valence-electron chi connectivity index (χ2n) is 6.63. The molecule has 3 heterocycles. The smallest absolute Gasteiger partial charge is 0.264 e. The number of hydrogen-bond acceptors (Lipinski definition) is 8. The van der Waals surface area contributed by atoms with E-state index in [2.05, 4.69) is 30.9 Å². The zero-order chi connectivity index (χ0) is 21.8. The van der Waals surface area contributed by atoms with E-state index in [1.807, 2.05) is 12.1 Å². The Hall–Kier alpha value is -3.25. The van der Waals surface area contributed by atoms with Crippen molar-refractivity contribution in [3.8, 4) is 0 Å². The molecule has 0 aliphatic heterocycles. The summed E-state index contributed by atoms with van der Waals surface area (Å²) in [5, 5.41) is 19.7. The van der Waals surface area contributed by atoms with E-state index in [1.54, 1.807) is 23.9 Å². The summed E-state index contributed by atoms with van der Waals surface area (Å²) >= 11 is 7.15. The second kappa shape index (κ2) is 9.27. The first-order valence-electron chi connectivity index (χ1n) is 9.28. The predicted molar refractivity (Wildman–Crippen MR) is 115 cm³/mol. The Morgan fingerprint density at radius 1 is 1.26 bits per heavy atom. The van der Waals surface area contributed by atoms with Crippen LogP contribution in [0.4, 0.5) is 0 Å². The lowest BCUT2D eigenvalue weighted by Crippen LogP contribution is -2.29. The van der Waals surface area contributed by atoms with Crippen molar-refractivity contribution in [3.05, 3.63) is 57.7 Å². The van der Waals surface area contributed by atoms with Gasteiger partial charge in [-0.05, 0) is 28.1 Å². The van der Waals surface area contributed by atoms with Crippen LogP contribution in [0, 0.1) is 0 Å². The molecular weight excluding hydrogens is 442 g/mol. The van der Waals surface area contributed by atoms with Gasteiger partial charge in [-0.3, -0.25) is 14.2 Å². The van der Waals surface area contributed by atoms with E-state index in [-0.39, 0.29) is 17.2 Å². The van der Waals surface area contributed by atoms with Crippen LogP contribution in [0.2, 0.25) is 5.02 Å². The number of tetrazole rings is 1. The number of nitrogens with one attached hydrogen (secondary N) is 1. The van der Waals surface area contributed by atoms with Crippen LogP contribution in [0.25, 0.3) is 11.0 Å². The van der Waals surface area contributed by atoms with Crippen molar-refractivity contribution >= 4 is 40.3 Å². The maximum Gasteiger partial charge on any atom is 0.264 e. The van der Waals surface area contributed by atoms with Crippen molar-refractivity contribution in [3.63, 3.8) is 0 Å². The van der Waals surface area contributed by atoms with Crippen molar-refractivity contribution in [2.75, 3.05) is 12.3 Å². The summed E-state index contributed by atoms with van der Waals surface area (Å²) in [6.07, 6.45) is 3.00. The molecule has 0 spiro atoms. The fourth-order valence-electron chi connectivity index (χ4n) is 2.89. The van der Waals surface area contributed by atoms with Crippen LogP contribution in [0.15, 0.2) is 46.7 Å². The lowest BCUT2D eigenvalue weighted by Gasteiger charge is -2.07. The van der Waals surface area contributed by atoms with Gasteiger partial charge in [0.05, 0.1) is 25.0 Å². The number of rotatable bonds is 8. The number of nitrogens with zero attached hydrogens (tertiary/aromatic N) is 8. The lowest BCUT2D eigenvalue weighted by molar-refractivity contribution is -0.118. The van der Waals surface area contributed by atoms with Gasteiger partial charge in [0.25, 0.3) is 5.56 Å². The Morgan fingerprint density at radius 3 is 2.81 bits per heavy atom. The molecule has 4 aromatic rings. The number of thioether (sulfide) groups is 1. The summed E-state index contributed by atoms with van der Waals surface area (Å²) in [6.45, 7) is 1.13. The van der Waals surface area contributed by atoms with Crippen LogP contribution in [-0.4, -0.2) is 57.7 Å². The van der Waals surface area contributed by atoms with Crippen molar-refractivity contribution in [2.24, 2.45) is 7.05 Å². The molecule has 0 saturated heterocycles. The molecule has 1 amide bonds. The molecule has 11 nitrogen and oxygen atoms in total. The summed E-state index contributed by atoms with van der Waals surface area (Å²) in [6, 6.07) is 7.29. The topological polar surface area (TPSA) is 125 Å². The Kier molecular flexibility index (Phi) is 6.28. The Bertz CT molecular complexity index is 1270. The monoisotopic (exact) mass is 459 g/mol. The third-order valence-corrected chi connectivity index (χ3v) is 5.71. The van der Waals surface area contributed by atoms with Gasteiger partial charge in [-0.25, -0.2) is 14.3 Å². The van der Waals surface area contributed by atoms with Gasteiger partial charge in [0, 0.05) is 18.6 Å². The minimum absolute atomic E-state index is 0.150. The largest absolute Gasteiger partial charge is 0.354 e. The SMILES string of the molecule is Cn1nnnc1SCC(=O)NCCn1ncc2c(=O)n(Cc3ccc(Cl)cc3)cnc21. The van der Waals surface area contributed by atoms with Gasteiger partial charge in [0.2, 0.25) is 11.1 Å². The summed E-state index contributed by atoms with van der Waals surface area (Å²) in [4.78, 5) is 29.2. The molecule has 1 aromatic carbocycles. The molecule has 0 radical (unpaired) electrons. The molecule has 1 N–H and O–H groups in total. The Balaban J connectivity index is 1.36. The Morgan fingerprint density at radius 2 is 2.06 bits per heavy atom. The van der Waals surface area contributed by atoms with Gasteiger partial charge < -0.3 is 5.32 Å². The van der Waals surface area contributed by atoms with Gasteiger partial charge in [0.15, 0.2) is 5.65 Å². The van der Waals surface area contributed by atoms with Gasteiger partial charge in [-0.15, -0.1) is 5.10 Å². The molecule has 0 unspecified atom stereocenters. The number of hydrogen-bond donors (Lipinski definition) is 1. The van der Waals surface area contributed by atoms with Crippen molar-refractivity contribution in [2.45, 2.75) is 18.2 Å². The number of amides is 1. The normalized spacial score (nSPS) is 11.2. The standard InChI is InChI=1S/C18H18ClN9O2S/c1-26-18(23-24-25-26)31-10-15(29)20-6-7-28-16-14(8-22-28)17(30)27(11-21-16)9-12-2-4-13(19)5-3-12/h2-5,8,11H,6-7,9-10H2,1H3,(H,20,29). The number of carbonyl (C=O) groups is 1. The maximum absolute atomic E-state index is 12.8. The number of aromatic nitrogens is 8. The van der Waals surface area contributed by atoms with Crippen LogP contribution in [0.3, 0.4) is 0 Å². The molecule has 4 rings (SSSR count). The highest BCUT2D eigenvalue weighted by Crippen LogP contribution is 2.12. The molecule has 160 valence electrons. The third-order valence-electron chi connectivity index (χ3n) is 4.45. The minimum atomic E-state index is -0.177. The number of halogens is 1. The van der Waals surface area contributed by atoms with E-state index in [0.717, 1.165) is 5.56 Å². The van der Waals surface area contributed by atoms with E-state index in [9.17, 15) is 9.59 Å². The molecule has 0 bridgehead atoms. The molecule has 0 fully saturated rings. The lowest BCUT2D eigenvalue weighted by atomic mass is 10.2. The van der Waals surface area contributed by atoms with Crippen LogP contribution in [0.5, 0.6) is 0 Å². The molecule has 3 aromatic heterocycles. The highest BCUT2D eigenvalue weighted by molar-refractivity contribution is 7.99. The molecular formula is C18H18ClN9O2S. The summed E-state index contributed by atoms with van der Waals surface area (Å²) in [7, 11) is 1.71. The maximum atomic E-state index is 12.8. The van der Waals surface area contributed by atoms with E-state index < -0.39 is 0 Å². The number of carbonyl (C=O) groups excluding carboxylic acids is 1. The van der Waals surface area contributed by atoms with E-state index >= 15 is 0 Å². The van der Waals surface area contributed by atoms with Crippen molar-refractivity contribution < 1.29 is 4.79 Å². The van der Waals surface area contributed by atoms with Crippen LogP contribution < -0.4 is 10.9 Å². The quantitative estimate of drug-likeness (QED) is 0.382. The third kappa shape index (κ3) is 4.91. The fraction of sp³-hybridized carbons (Fsp3) is 0.278. The number of aryl methyl sites for hydroxylation is 1. The van der Waals surface area contributed by atoms with Gasteiger partial charge in [-0.2, -0.15) is 5.10 Å². The fourth-order valence-corrected chi connectivity index (χ4v) is 3.69. The zero-order valence-electron chi connectivity index (χ0n) is 16.5. The zero-order valence-corrected chi connectivity index (χ0v) is 18.0. The predicted octanol–water partition coefficient (Wildman–Crippen LogP) is 0.727. The molecule has 31 heavy (non-hydrogen) atoms. The number of benzene rings is 1. The van der Waals surface area contributed by atoms with Crippen LogP contribution in [0.1, 0.15) is 5.56 Å². The first kappa shape index (κ1) is 21.0. The summed E-state index contributed by atoms with van der Waals surface area (Å²) in [5.41, 5.74) is 1.24. The molecule has 0 atom stereocenters. The van der Waals surface area contributed by atoms with Crippen LogP contribution in [-0.2, 0) is 24.9 Å². The van der Waals surface area contributed by atoms with Gasteiger partial charge in [0.1, 0.15) is 11.7 Å². The highest BCUT2D eigenvalue weighted by atomic mass is 35.5. The molecule has 0 aliphatic rings. The van der Waals surface area contributed by atoms with Gasteiger partial charge >= 0.3 is 0 Å². The summed E-state index contributed by atoms with van der Waals surface area (Å²) < 4.78 is 4.63. The van der Waals surface area contributed by atoms with Crippen LogP contribution >= 0.6 is 23.4 Å². The molecule has 0 aliphatic carbocycles. The van der Waals surface area contributed by atoms with E-state index in [0.29, 0.717) is 40.8 Å². The summed E-state index contributed by atoms with van der Waals surface area (Å²) in [5.74, 6) is 0.0459. The average Bonchev–Trinajstić information content (AvgIpc) is 3.36. The first-order chi connectivity index (χ1) is 15.0. The molecule has 0 saturated carbocycles. The van der Waals surface area contributed by atoms with Gasteiger partial charge in [-0.1, -0.05) is 35.5 Å². The van der Waals surface area contributed by atoms with Crippen molar-refractivity contribution in [1.29, 1.82) is 0 Å². The van der Waals surface area contributed by atoms with Crippen molar-refractivity contribution in [1.82, 2.24) is 44.9 Å². The average molecular weight is 460 g/mol. The highest BCUT2D eigenvalue weighted by Gasteiger charge is 2.11.